The van der Waals surface area contributed by atoms with Gasteiger partial charge >= 0.3 is 21.6 Å². The smallest absolute Gasteiger partial charge is 0.534 e. The zero-order chi connectivity index (χ0) is 20.6. The molecule has 1 aromatic carbocycles. The summed E-state index contributed by atoms with van der Waals surface area (Å²) in [6.07, 6.45) is 0. The average molecular weight is 414 g/mol. The van der Waals surface area contributed by atoms with Crippen molar-refractivity contribution in [2.75, 3.05) is 7.11 Å². The van der Waals surface area contributed by atoms with Gasteiger partial charge in [-0.1, -0.05) is 20.8 Å². The molecule has 11 heteroatoms. The Labute approximate surface area is 151 Å². The van der Waals surface area contributed by atoms with Gasteiger partial charge in [-0.15, -0.1) is 0 Å². The van der Waals surface area contributed by atoms with E-state index in [1.165, 1.54) is 6.07 Å². The van der Waals surface area contributed by atoms with Crippen LogP contribution in [0.15, 0.2) is 18.2 Å². The van der Waals surface area contributed by atoms with Crippen LogP contribution in [0.25, 0.3) is 0 Å². The standard InChI is InChI=1S/C15H21F3O6SSi/c1-14(2,3)26(5,6)24-12-8-10(13(19)22-4)7-11(9-12)23-25(20,21)15(16,17)18/h7-9H,1-6H3. The molecule has 0 aromatic heterocycles. The van der Waals surface area contributed by atoms with Crippen LogP contribution in [0.2, 0.25) is 18.1 Å². The Morgan fingerprint density at radius 2 is 1.54 bits per heavy atom. The lowest BCUT2D eigenvalue weighted by Gasteiger charge is -2.36. The van der Waals surface area contributed by atoms with Gasteiger partial charge in [0.25, 0.3) is 0 Å². The van der Waals surface area contributed by atoms with Gasteiger partial charge in [0, 0.05) is 6.07 Å². The van der Waals surface area contributed by atoms with Crippen molar-refractivity contribution in [3.8, 4) is 11.5 Å². The van der Waals surface area contributed by atoms with Crippen molar-refractivity contribution in [1.82, 2.24) is 0 Å². The number of hydrogen-bond acceptors (Lipinski definition) is 6. The molecule has 148 valence electrons. The van der Waals surface area contributed by atoms with E-state index >= 15 is 0 Å². The molecular formula is C15H21F3O6SSi. The molecule has 0 aliphatic rings. The van der Waals surface area contributed by atoms with Crippen molar-refractivity contribution in [3.05, 3.63) is 23.8 Å². The fraction of sp³-hybridized carbons (Fsp3) is 0.533. The summed E-state index contributed by atoms with van der Waals surface area (Å²) in [6.45, 7) is 9.58. The molecule has 0 N–H and O–H groups in total. The fourth-order valence-electron chi connectivity index (χ4n) is 1.54. The molecule has 0 radical (unpaired) electrons. The van der Waals surface area contributed by atoms with E-state index in [9.17, 15) is 26.4 Å². The molecule has 0 unspecified atom stereocenters. The molecule has 0 amide bonds. The summed E-state index contributed by atoms with van der Waals surface area (Å²) in [5, 5.41) is -0.243. The molecule has 0 atom stereocenters. The fourth-order valence-corrected chi connectivity index (χ4v) is 2.99. The molecule has 6 nitrogen and oxygen atoms in total. The second kappa shape index (κ2) is 7.10. The molecule has 0 bridgehead atoms. The largest absolute Gasteiger partial charge is 0.543 e. The highest BCUT2D eigenvalue weighted by Gasteiger charge is 2.48. The first kappa shape index (κ1) is 22.3. The summed E-state index contributed by atoms with van der Waals surface area (Å²) < 4.78 is 74.7. The first-order valence-electron chi connectivity index (χ1n) is 7.43. The van der Waals surface area contributed by atoms with Crippen LogP contribution in [-0.4, -0.2) is 35.3 Å². The number of esters is 1. The Balaban J connectivity index is 3.39. The summed E-state index contributed by atoms with van der Waals surface area (Å²) in [5.74, 6) is -1.55. The molecule has 0 spiro atoms. The van der Waals surface area contributed by atoms with E-state index < -0.39 is 35.7 Å². The molecular weight excluding hydrogens is 393 g/mol. The lowest BCUT2D eigenvalue weighted by molar-refractivity contribution is -0.0500. The van der Waals surface area contributed by atoms with E-state index in [4.69, 9.17) is 4.43 Å². The summed E-state index contributed by atoms with van der Waals surface area (Å²) in [5.41, 5.74) is -5.80. The number of carbonyl (C=O) groups is 1. The Morgan fingerprint density at radius 3 is 1.96 bits per heavy atom. The van der Waals surface area contributed by atoms with Gasteiger partial charge in [-0.05, 0) is 30.3 Å². The number of alkyl halides is 3. The molecule has 1 rings (SSSR count). The number of hydrogen-bond donors (Lipinski definition) is 0. The van der Waals surface area contributed by atoms with Crippen LogP contribution in [0.4, 0.5) is 13.2 Å². The highest BCUT2D eigenvalue weighted by atomic mass is 32.2. The van der Waals surface area contributed by atoms with Gasteiger partial charge in [0.05, 0.1) is 12.7 Å². The SMILES string of the molecule is COC(=O)c1cc(O[Si](C)(C)C(C)(C)C)cc(OS(=O)(=O)C(F)(F)F)c1. The third-order valence-corrected chi connectivity index (χ3v) is 9.31. The summed E-state index contributed by atoms with van der Waals surface area (Å²) in [4.78, 5) is 11.7. The molecule has 0 aliphatic carbocycles. The third kappa shape index (κ3) is 5.13. The molecule has 0 aliphatic heterocycles. The highest BCUT2D eigenvalue weighted by molar-refractivity contribution is 7.88. The summed E-state index contributed by atoms with van der Waals surface area (Å²) in [6, 6.07) is 3.10. The van der Waals surface area contributed by atoms with Gasteiger partial charge in [-0.2, -0.15) is 21.6 Å². The van der Waals surface area contributed by atoms with E-state index in [0.717, 1.165) is 19.2 Å². The van der Waals surface area contributed by atoms with Gasteiger partial charge in [0.2, 0.25) is 8.32 Å². The predicted molar refractivity (Wildman–Crippen MR) is 91.2 cm³/mol. The van der Waals surface area contributed by atoms with Crippen molar-refractivity contribution in [2.45, 2.75) is 44.4 Å². The van der Waals surface area contributed by atoms with E-state index in [0.29, 0.717) is 0 Å². The molecule has 0 heterocycles. The second-order valence-corrected chi connectivity index (χ2v) is 13.3. The number of benzene rings is 1. The van der Waals surface area contributed by atoms with Crippen LogP contribution in [0.5, 0.6) is 11.5 Å². The minimum absolute atomic E-state index is 0.0202. The van der Waals surface area contributed by atoms with Crippen LogP contribution in [0, 0.1) is 0 Å². The topological polar surface area (TPSA) is 78.9 Å². The van der Waals surface area contributed by atoms with Crippen LogP contribution >= 0.6 is 0 Å². The summed E-state index contributed by atoms with van der Waals surface area (Å²) in [7, 11) is -7.22. The van der Waals surface area contributed by atoms with Crippen molar-refractivity contribution in [1.29, 1.82) is 0 Å². The molecule has 0 saturated carbocycles. The Bertz CT molecular complexity index is 782. The molecule has 0 fully saturated rings. The average Bonchev–Trinajstić information content (AvgIpc) is 2.42. The van der Waals surface area contributed by atoms with Gasteiger partial charge < -0.3 is 13.3 Å². The normalized spacial score (nSPS) is 13.3. The number of halogens is 3. The van der Waals surface area contributed by atoms with E-state index in [1.54, 1.807) is 0 Å². The minimum atomic E-state index is -5.89. The Morgan fingerprint density at radius 1 is 1.04 bits per heavy atom. The number of methoxy groups -OCH3 is 1. The summed E-state index contributed by atoms with van der Waals surface area (Å²) >= 11 is 0. The molecule has 1 aromatic rings. The van der Waals surface area contributed by atoms with E-state index in [2.05, 4.69) is 8.92 Å². The van der Waals surface area contributed by atoms with Crippen molar-refractivity contribution >= 4 is 24.4 Å². The van der Waals surface area contributed by atoms with E-state index in [-0.39, 0.29) is 16.4 Å². The highest BCUT2D eigenvalue weighted by Crippen LogP contribution is 2.39. The van der Waals surface area contributed by atoms with Gasteiger partial charge in [-0.25, -0.2) is 4.79 Å². The van der Waals surface area contributed by atoms with Crippen molar-refractivity contribution < 1.29 is 39.7 Å². The van der Waals surface area contributed by atoms with Crippen LogP contribution < -0.4 is 8.61 Å². The third-order valence-electron chi connectivity index (χ3n) is 3.97. The van der Waals surface area contributed by atoms with E-state index in [1.807, 2.05) is 33.9 Å². The first-order chi connectivity index (χ1) is 11.5. The Kier molecular flexibility index (Phi) is 6.09. The monoisotopic (exact) mass is 414 g/mol. The predicted octanol–water partition coefficient (Wildman–Crippen LogP) is 4.09. The zero-order valence-electron chi connectivity index (χ0n) is 15.2. The second-order valence-electron chi connectivity index (χ2n) is 7.03. The van der Waals surface area contributed by atoms with Crippen LogP contribution in [0.3, 0.4) is 0 Å². The molecule has 0 saturated heterocycles. The number of rotatable bonds is 5. The maximum atomic E-state index is 12.5. The maximum Gasteiger partial charge on any atom is 0.534 e. The van der Waals surface area contributed by atoms with Gasteiger partial charge in [-0.3, -0.25) is 0 Å². The number of carbonyl (C=O) groups excluding carboxylic acids is 1. The van der Waals surface area contributed by atoms with Crippen LogP contribution in [-0.2, 0) is 14.9 Å². The van der Waals surface area contributed by atoms with Crippen molar-refractivity contribution in [2.24, 2.45) is 0 Å². The van der Waals surface area contributed by atoms with Gasteiger partial charge in [0.1, 0.15) is 11.5 Å². The lowest BCUT2D eigenvalue weighted by Crippen LogP contribution is -2.43. The molecule has 26 heavy (non-hydrogen) atoms. The number of ether oxygens (including phenoxy) is 1. The lowest BCUT2D eigenvalue weighted by atomic mass is 10.2. The van der Waals surface area contributed by atoms with Crippen molar-refractivity contribution in [3.63, 3.8) is 0 Å². The van der Waals surface area contributed by atoms with Crippen LogP contribution in [0.1, 0.15) is 31.1 Å². The Hall–Kier alpha value is -1.75. The van der Waals surface area contributed by atoms with Gasteiger partial charge in [0.15, 0.2) is 0 Å². The quantitative estimate of drug-likeness (QED) is 0.313. The first-order valence-corrected chi connectivity index (χ1v) is 11.7. The zero-order valence-corrected chi connectivity index (χ0v) is 17.0. The minimum Gasteiger partial charge on any atom is -0.543 e. The maximum absolute atomic E-state index is 12.5.